The Kier molecular flexibility index (Phi) is 4.35. The van der Waals surface area contributed by atoms with Crippen molar-refractivity contribution in [1.82, 2.24) is 15.8 Å². The molecule has 2 amide bonds. The zero-order valence-electron chi connectivity index (χ0n) is 11.2. The number of nitrogens with one attached hydrogen (secondary N) is 3. The molecule has 3 N–H and O–H groups in total. The topological polar surface area (TPSA) is 100 Å². The maximum atomic E-state index is 11.8. The van der Waals surface area contributed by atoms with Gasteiger partial charge < -0.3 is 9.72 Å². The van der Waals surface area contributed by atoms with Crippen LogP contribution in [0.1, 0.15) is 20.7 Å². The molecule has 0 unspecified atom stereocenters. The fourth-order valence-electron chi connectivity index (χ4n) is 1.60. The molecule has 1 aromatic carbocycles. The Morgan fingerprint density at radius 3 is 2.33 bits per heavy atom. The van der Waals surface area contributed by atoms with Crippen molar-refractivity contribution in [3.63, 3.8) is 0 Å². The number of carbonyl (C=O) groups excluding carboxylic acids is 2. The van der Waals surface area contributed by atoms with Crippen molar-refractivity contribution >= 4 is 11.8 Å². The molecule has 0 atom stereocenters. The third-order valence-electron chi connectivity index (χ3n) is 2.70. The quantitative estimate of drug-likeness (QED) is 0.714. The molecule has 21 heavy (non-hydrogen) atoms. The first kappa shape index (κ1) is 14.3. The molecule has 0 saturated carbocycles. The largest absolute Gasteiger partial charge is 0.497 e. The number of hydrogen-bond donors (Lipinski definition) is 3. The average molecular weight is 287 g/mol. The number of rotatable bonds is 3. The van der Waals surface area contributed by atoms with Gasteiger partial charge in [0.1, 0.15) is 11.3 Å². The molecule has 7 heteroatoms. The summed E-state index contributed by atoms with van der Waals surface area (Å²) >= 11 is 0. The van der Waals surface area contributed by atoms with Crippen LogP contribution in [0.15, 0.2) is 47.4 Å². The molecular weight excluding hydrogens is 274 g/mol. The first-order valence-corrected chi connectivity index (χ1v) is 6.04. The highest BCUT2D eigenvalue weighted by molar-refractivity contribution is 5.98. The molecule has 0 aliphatic carbocycles. The standard InChI is InChI=1S/C14H13N3O4/c1-21-10-6-4-9(5-7-10)12(18)16-17-14(20)11-3-2-8-15-13(11)19/h2-8H,1H3,(H,15,19)(H,16,18)(H,17,20). The number of benzene rings is 1. The summed E-state index contributed by atoms with van der Waals surface area (Å²) in [7, 11) is 1.52. The fraction of sp³-hybridized carbons (Fsp3) is 0.0714. The lowest BCUT2D eigenvalue weighted by Crippen LogP contribution is -2.43. The molecule has 0 aliphatic heterocycles. The zero-order chi connectivity index (χ0) is 15.2. The molecule has 0 fully saturated rings. The van der Waals surface area contributed by atoms with E-state index in [2.05, 4.69) is 15.8 Å². The summed E-state index contributed by atoms with van der Waals surface area (Å²) in [5, 5.41) is 0. The van der Waals surface area contributed by atoms with Gasteiger partial charge in [-0.1, -0.05) is 0 Å². The van der Waals surface area contributed by atoms with Crippen LogP contribution in [0.5, 0.6) is 5.75 Å². The highest BCUT2D eigenvalue weighted by Gasteiger charge is 2.11. The summed E-state index contributed by atoms with van der Waals surface area (Å²) in [6, 6.07) is 9.22. The van der Waals surface area contributed by atoms with Gasteiger partial charge in [-0.3, -0.25) is 25.2 Å². The van der Waals surface area contributed by atoms with Crippen molar-refractivity contribution in [2.75, 3.05) is 7.11 Å². The van der Waals surface area contributed by atoms with Gasteiger partial charge in [0.15, 0.2) is 0 Å². The van der Waals surface area contributed by atoms with Gasteiger partial charge in [-0.05, 0) is 36.4 Å². The second kappa shape index (κ2) is 6.38. The second-order valence-corrected chi connectivity index (χ2v) is 4.05. The van der Waals surface area contributed by atoms with E-state index in [9.17, 15) is 14.4 Å². The van der Waals surface area contributed by atoms with Crippen molar-refractivity contribution < 1.29 is 14.3 Å². The summed E-state index contributed by atoms with van der Waals surface area (Å²) in [5.74, 6) is -0.580. The smallest absolute Gasteiger partial charge is 0.275 e. The van der Waals surface area contributed by atoms with Crippen molar-refractivity contribution in [2.24, 2.45) is 0 Å². The molecular formula is C14H13N3O4. The van der Waals surface area contributed by atoms with Gasteiger partial charge in [-0.25, -0.2) is 0 Å². The second-order valence-electron chi connectivity index (χ2n) is 4.05. The van der Waals surface area contributed by atoms with Gasteiger partial charge in [0.25, 0.3) is 17.4 Å². The lowest BCUT2D eigenvalue weighted by Gasteiger charge is -2.07. The number of H-pyrrole nitrogens is 1. The summed E-state index contributed by atoms with van der Waals surface area (Å²) < 4.78 is 4.98. The van der Waals surface area contributed by atoms with E-state index in [1.807, 2.05) is 0 Å². The Hall–Kier alpha value is -3.09. The predicted molar refractivity (Wildman–Crippen MR) is 75.0 cm³/mol. The van der Waals surface area contributed by atoms with E-state index in [4.69, 9.17) is 4.74 Å². The maximum Gasteiger partial charge on any atom is 0.275 e. The Morgan fingerprint density at radius 1 is 1.05 bits per heavy atom. The van der Waals surface area contributed by atoms with Crippen molar-refractivity contribution in [1.29, 1.82) is 0 Å². The average Bonchev–Trinajstić information content (AvgIpc) is 2.52. The molecule has 0 radical (unpaired) electrons. The van der Waals surface area contributed by atoms with E-state index in [1.54, 1.807) is 24.3 Å². The molecule has 1 heterocycles. The van der Waals surface area contributed by atoms with E-state index in [0.29, 0.717) is 11.3 Å². The van der Waals surface area contributed by atoms with Crippen molar-refractivity contribution in [3.05, 3.63) is 64.1 Å². The Morgan fingerprint density at radius 2 is 1.71 bits per heavy atom. The molecule has 0 aliphatic rings. The van der Waals surface area contributed by atoms with Crippen LogP contribution in [-0.2, 0) is 0 Å². The number of aromatic amines is 1. The Bertz CT molecular complexity index is 707. The third kappa shape index (κ3) is 3.47. The normalized spacial score (nSPS) is 9.76. The number of amides is 2. The first-order valence-electron chi connectivity index (χ1n) is 6.04. The number of hydrazine groups is 1. The van der Waals surface area contributed by atoms with E-state index < -0.39 is 17.4 Å². The van der Waals surface area contributed by atoms with E-state index in [1.165, 1.54) is 25.4 Å². The van der Waals surface area contributed by atoms with Crippen LogP contribution in [0.2, 0.25) is 0 Å². The van der Waals surface area contributed by atoms with Gasteiger partial charge in [0, 0.05) is 11.8 Å². The van der Waals surface area contributed by atoms with Crippen LogP contribution < -0.4 is 21.1 Å². The fourth-order valence-corrected chi connectivity index (χ4v) is 1.60. The summed E-state index contributed by atoms with van der Waals surface area (Å²) in [6.45, 7) is 0. The molecule has 0 saturated heterocycles. The third-order valence-corrected chi connectivity index (χ3v) is 2.70. The highest BCUT2D eigenvalue weighted by atomic mass is 16.5. The predicted octanol–water partition coefficient (Wildman–Crippen LogP) is 0.458. The number of ether oxygens (including phenoxy) is 1. The first-order chi connectivity index (χ1) is 10.1. The highest BCUT2D eigenvalue weighted by Crippen LogP contribution is 2.10. The molecule has 0 bridgehead atoms. The van der Waals surface area contributed by atoms with E-state index in [-0.39, 0.29) is 5.56 Å². The lowest BCUT2D eigenvalue weighted by atomic mass is 10.2. The molecule has 2 rings (SSSR count). The van der Waals surface area contributed by atoms with Crippen LogP contribution in [0.4, 0.5) is 0 Å². The van der Waals surface area contributed by atoms with Gasteiger partial charge in [0.2, 0.25) is 0 Å². The summed E-state index contributed by atoms with van der Waals surface area (Å²) in [5.41, 5.74) is 4.13. The van der Waals surface area contributed by atoms with Gasteiger partial charge in [-0.15, -0.1) is 0 Å². The van der Waals surface area contributed by atoms with Crippen LogP contribution in [0, 0.1) is 0 Å². The van der Waals surface area contributed by atoms with Crippen LogP contribution in [-0.4, -0.2) is 23.9 Å². The van der Waals surface area contributed by atoms with Crippen LogP contribution in [0.3, 0.4) is 0 Å². The zero-order valence-corrected chi connectivity index (χ0v) is 11.2. The number of pyridine rings is 1. The van der Waals surface area contributed by atoms with Crippen molar-refractivity contribution in [2.45, 2.75) is 0 Å². The van der Waals surface area contributed by atoms with Crippen molar-refractivity contribution in [3.8, 4) is 5.75 Å². The minimum Gasteiger partial charge on any atom is -0.497 e. The van der Waals surface area contributed by atoms with Gasteiger partial charge in [-0.2, -0.15) is 0 Å². The molecule has 1 aromatic heterocycles. The van der Waals surface area contributed by atoms with Crippen LogP contribution in [0.25, 0.3) is 0 Å². The summed E-state index contributed by atoms with van der Waals surface area (Å²) in [6.07, 6.45) is 1.41. The summed E-state index contributed by atoms with van der Waals surface area (Å²) in [4.78, 5) is 37.3. The van der Waals surface area contributed by atoms with Gasteiger partial charge >= 0.3 is 0 Å². The number of aromatic nitrogens is 1. The lowest BCUT2D eigenvalue weighted by molar-refractivity contribution is 0.0846. The number of hydrogen-bond acceptors (Lipinski definition) is 4. The monoisotopic (exact) mass is 287 g/mol. The SMILES string of the molecule is COc1ccc(C(=O)NNC(=O)c2ccc[nH]c2=O)cc1. The molecule has 2 aromatic rings. The minimum atomic E-state index is -0.696. The number of methoxy groups -OCH3 is 1. The molecule has 0 spiro atoms. The van der Waals surface area contributed by atoms with Gasteiger partial charge in [0.05, 0.1) is 7.11 Å². The van der Waals surface area contributed by atoms with E-state index in [0.717, 1.165) is 0 Å². The molecule has 108 valence electrons. The van der Waals surface area contributed by atoms with Crippen LogP contribution >= 0.6 is 0 Å². The minimum absolute atomic E-state index is 0.0902. The van der Waals surface area contributed by atoms with E-state index >= 15 is 0 Å². The Labute approximate surface area is 119 Å². The Balaban J connectivity index is 1.99. The maximum absolute atomic E-state index is 11.8. The number of carbonyl (C=O) groups is 2. The molecule has 7 nitrogen and oxygen atoms in total.